The Hall–Kier alpha value is -1.68. The Balaban J connectivity index is 2.20. The Kier molecular flexibility index (Phi) is 3.24. The molecule has 4 nitrogen and oxygen atoms in total. The minimum absolute atomic E-state index is 0.131. The van der Waals surface area contributed by atoms with Crippen LogP contribution in [0.2, 0.25) is 0 Å². The largest absolute Gasteiger partial charge is 0.441 e. The van der Waals surface area contributed by atoms with Gasteiger partial charge in [0.15, 0.2) is 11.5 Å². The molecule has 17 heavy (non-hydrogen) atoms. The van der Waals surface area contributed by atoms with Gasteiger partial charge in [0, 0.05) is 19.4 Å². The Labute approximate surface area is 99.8 Å². The molecule has 0 amide bonds. The molecule has 2 rings (SSSR count). The maximum atomic E-state index is 10.9. The molecule has 1 atom stereocenters. The van der Waals surface area contributed by atoms with E-state index >= 15 is 0 Å². The zero-order valence-corrected chi connectivity index (χ0v) is 10.1. The fourth-order valence-corrected chi connectivity index (χ4v) is 1.81. The summed E-state index contributed by atoms with van der Waals surface area (Å²) in [5.41, 5.74) is 8.59. The third kappa shape index (κ3) is 2.71. The predicted molar refractivity (Wildman–Crippen MR) is 65.6 cm³/mol. The van der Waals surface area contributed by atoms with Gasteiger partial charge in [-0.1, -0.05) is 6.07 Å². The summed E-state index contributed by atoms with van der Waals surface area (Å²) in [6.07, 6.45) is 1.17. The lowest BCUT2D eigenvalue weighted by atomic mass is 10.0. The minimum Gasteiger partial charge on any atom is -0.441 e. The van der Waals surface area contributed by atoms with Crippen LogP contribution >= 0.6 is 0 Å². The lowest BCUT2D eigenvalue weighted by Gasteiger charge is -2.10. The lowest BCUT2D eigenvalue weighted by Crippen LogP contribution is -2.11. The highest BCUT2D eigenvalue weighted by Crippen LogP contribution is 2.22. The second kappa shape index (κ2) is 4.67. The maximum absolute atomic E-state index is 10.9. The number of hydrogen-bond donors (Lipinski definition) is 1. The van der Waals surface area contributed by atoms with Gasteiger partial charge in [-0.2, -0.15) is 0 Å². The molecule has 0 fully saturated rings. The number of carbonyl (C=O) groups excluding carboxylic acids is 1. The monoisotopic (exact) mass is 232 g/mol. The number of fused-ring (bicyclic) bond motifs is 1. The zero-order valence-electron chi connectivity index (χ0n) is 10.1. The van der Waals surface area contributed by atoms with Gasteiger partial charge >= 0.3 is 0 Å². The highest BCUT2D eigenvalue weighted by atomic mass is 16.3. The number of benzene rings is 1. The normalized spacial score (nSPS) is 12.9. The number of Topliss-reactive ketones (excluding diaryl/α,β-unsaturated/α-hetero) is 1. The number of rotatable bonds is 4. The van der Waals surface area contributed by atoms with E-state index in [0.29, 0.717) is 18.7 Å². The zero-order chi connectivity index (χ0) is 12.4. The molecule has 90 valence electrons. The maximum Gasteiger partial charge on any atom is 0.192 e. The predicted octanol–water partition coefficient (Wildman–Crippen LogP) is 2.51. The van der Waals surface area contributed by atoms with Crippen LogP contribution in [0.1, 0.15) is 37.3 Å². The van der Waals surface area contributed by atoms with Crippen LogP contribution in [0.5, 0.6) is 0 Å². The summed E-state index contributed by atoms with van der Waals surface area (Å²) in [5.74, 6) is 0.812. The number of ketones is 1. The van der Waals surface area contributed by atoms with Crippen molar-refractivity contribution in [3.8, 4) is 0 Å². The van der Waals surface area contributed by atoms with Gasteiger partial charge in [0.2, 0.25) is 0 Å². The number of oxazole rings is 1. The average Bonchev–Trinajstić information content (AvgIpc) is 2.64. The Morgan fingerprint density at radius 1 is 1.53 bits per heavy atom. The van der Waals surface area contributed by atoms with Gasteiger partial charge in [0.05, 0.1) is 0 Å². The van der Waals surface area contributed by atoms with E-state index in [1.807, 2.05) is 25.1 Å². The second-order valence-corrected chi connectivity index (χ2v) is 4.31. The van der Waals surface area contributed by atoms with Crippen molar-refractivity contribution >= 4 is 16.9 Å². The van der Waals surface area contributed by atoms with Crippen molar-refractivity contribution in [3.63, 3.8) is 0 Å². The van der Waals surface area contributed by atoms with E-state index in [1.165, 1.54) is 0 Å². The van der Waals surface area contributed by atoms with E-state index in [0.717, 1.165) is 16.7 Å². The summed E-state index contributed by atoms with van der Waals surface area (Å²) >= 11 is 0. The molecule has 1 aromatic carbocycles. The van der Waals surface area contributed by atoms with E-state index in [1.54, 1.807) is 6.92 Å². The van der Waals surface area contributed by atoms with Crippen LogP contribution in [0, 0.1) is 6.92 Å². The quantitative estimate of drug-likeness (QED) is 0.879. The summed E-state index contributed by atoms with van der Waals surface area (Å²) < 4.78 is 5.45. The molecule has 4 heteroatoms. The van der Waals surface area contributed by atoms with Crippen LogP contribution in [0.3, 0.4) is 0 Å². The molecule has 0 radical (unpaired) electrons. The van der Waals surface area contributed by atoms with E-state index < -0.39 is 0 Å². The SMILES string of the molecule is CC(=O)CCC(N)c1ccc2nc(C)oc2c1. The van der Waals surface area contributed by atoms with Gasteiger partial charge < -0.3 is 14.9 Å². The molecule has 0 aliphatic heterocycles. The fraction of sp³-hybridized carbons (Fsp3) is 0.385. The van der Waals surface area contributed by atoms with Crippen molar-refractivity contribution in [2.24, 2.45) is 5.73 Å². The van der Waals surface area contributed by atoms with Crippen molar-refractivity contribution in [1.82, 2.24) is 4.98 Å². The summed E-state index contributed by atoms with van der Waals surface area (Å²) in [5, 5.41) is 0. The molecule has 0 spiro atoms. The first kappa shape index (κ1) is 11.8. The number of carbonyl (C=O) groups is 1. The van der Waals surface area contributed by atoms with Crippen LogP contribution in [0.4, 0.5) is 0 Å². The van der Waals surface area contributed by atoms with Gasteiger partial charge in [0.25, 0.3) is 0 Å². The molecular weight excluding hydrogens is 216 g/mol. The third-order valence-corrected chi connectivity index (χ3v) is 2.75. The molecule has 0 aliphatic rings. The number of nitrogens with two attached hydrogens (primary N) is 1. The van der Waals surface area contributed by atoms with Gasteiger partial charge in [-0.3, -0.25) is 0 Å². The lowest BCUT2D eigenvalue weighted by molar-refractivity contribution is -0.117. The van der Waals surface area contributed by atoms with Crippen LogP contribution in [-0.2, 0) is 4.79 Å². The highest BCUT2D eigenvalue weighted by Gasteiger charge is 2.10. The Morgan fingerprint density at radius 3 is 3.00 bits per heavy atom. The van der Waals surface area contributed by atoms with Gasteiger partial charge in [-0.25, -0.2) is 4.98 Å². The number of aryl methyl sites for hydroxylation is 1. The van der Waals surface area contributed by atoms with E-state index in [2.05, 4.69) is 4.98 Å². The van der Waals surface area contributed by atoms with Crippen molar-refractivity contribution in [2.75, 3.05) is 0 Å². The van der Waals surface area contributed by atoms with Gasteiger partial charge in [-0.05, 0) is 31.0 Å². The second-order valence-electron chi connectivity index (χ2n) is 4.31. The molecule has 1 unspecified atom stereocenters. The fourth-order valence-electron chi connectivity index (χ4n) is 1.81. The van der Waals surface area contributed by atoms with E-state index in [9.17, 15) is 4.79 Å². The van der Waals surface area contributed by atoms with Crippen molar-refractivity contribution in [2.45, 2.75) is 32.7 Å². The molecule has 0 bridgehead atoms. The molecule has 0 aliphatic carbocycles. The Bertz CT molecular complexity index is 545. The van der Waals surface area contributed by atoms with Crippen molar-refractivity contribution in [3.05, 3.63) is 29.7 Å². The number of nitrogens with zero attached hydrogens (tertiary/aromatic N) is 1. The molecule has 2 aromatic rings. The molecule has 2 N–H and O–H groups in total. The topological polar surface area (TPSA) is 69.1 Å². The molecule has 0 saturated carbocycles. The van der Waals surface area contributed by atoms with Crippen LogP contribution < -0.4 is 5.73 Å². The summed E-state index contributed by atoms with van der Waals surface area (Å²) in [7, 11) is 0. The molecule has 0 saturated heterocycles. The van der Waals surface area contributed by atoms with Crippen molar-refractivity contribution in [1.29, 1.82) is 0 Å². The molecular formula is C13H16N2O2. The standard InChI is InChI=1S/C13H16N2O2/c1-8(16)3-5-11(14)10-4-6-12-13(7-10)17-9(2)15-12/h4,6-7,11H,3,5,14H2,1-2H3. The van der Waals surface area contributed by atoms with Gasteiger partial charge in [-0.15, -0.1) is 0 Å². The van der Waals surface area contributed by atoms with Crippen molar-refractivity contribution < 1.29 is 9.21 Å². The third-order valence-electron chi connectivity index (χ3n) is 2.75. The van der Waals surface area contributed by atoms with Crippen LogP contribution in [0.15, 0.2) is 22.6 Å². The average molecular weight is 232 g/mol. The molecule has 1 heterocycles. The summed E-state index contributed by atoms with van der Waals surface area (Å²) in [6, 6.07) is 5.61. The number of aromatic nitrogens is 1. The summed E-state index contributed by atoms with van der Waals surface area (Å²) in [6.45, 7) is 3.39. The first-order chi connectivity index (χ1) is 8.06. The highest BCUT2D eigenvalue weighted by molar-refractivity contribution is 5.75. The van der Waals surface area contributed by atoms with E-state index in [-0.39, 0.29) is 11.8 Å². The summed E-state index contributed by atoms with van der Waals surface area (Å²) in [4.78, 5) is 15.1. The molecule has 1 aromatic heterocycles. The minimum atomic E-state index is -0.131. The first-order valence-corrected chi connectivity index (χ1v) is 5.68. The Morgan fingerprint density at radius 2 is 2.29 bits per heavy atom. The number of hydrogen-bond acceptors (Lipinski definition) is 4. The first-order valence-electron chi connectivity index (χ1n) is 5.68. The smallest absolute Gasteiger partial charge is 0.192 e. The van der Waals surface area contributed by atoms with Gasteiger partial charge in [0.1, 0.15) is 11.3 Å². The van der Waals surface area contributed by atoms with Crippen LogP contribution in [0.25, 0.3) is 11.1 Å². The van der Waals surface area contributed by atoms with E-state index in [4.69, 9.17) is 10.2 Å². The van der Waals surface area contributed by atoms with Crippen LogP contribution in [-0.4, -0.2) is 10.8 Å².